The Labute approximate surface area is 126 Å². The first-order chi connectivity index (χ1) is 10.6. The Balaban J connectivity index is 2.22. The number of nitrogens with zero attached hydrogens (tertiary/aromatic N) is 1. The highest BCUT2D eigenvalue weighted by Crippen LogP contribution is 2.31. The molecule has 0 aliphatic carbocycles. The van der Waals surface area contributed by atoms with Crippen LogP contribution in [0.3, 0.4) is 0 Å². The molecular formula is C16H13FN2O3. The summed E-state index contributed by atoms with van der Waals surface area (Å²) < 4.78 is 24.0. The van der Waals surface area contributed by atoms with Crippen molar-refractivity contribution in [2.24, 2.45) is 0 Å². The molecule has 112 valence electrons. The van der Waals surface area contributed by atoms with Crippen molar-refractivity contribution in [2.45, 2.75) is 6.42 Å². The molecule has 2 aromatic rings. The number of halogens is 1. The number of nitrogens with one attached hydrogen (secondary N) is 1. The van der Waals surface area contributed by atoms with Crippen molar-refractivity contribution in [3.63, 3.8) is 0 Å². The number of ether oxygens (including phenoxy) is 2. The summed E-state index contributed by atoms with van der Waals surface area (Å²) in [7, 11) is 1.55. The van der Waals surface area contributed by atoms with Gasteiger partial charge in [0.1, 0.15) is 23.7 Å². The summed E-state index contributed by atoms with van der Waals surface area (Å²) in [5.74, 6) is 0.400. The lowest BCUT2D eigenvalue weighted by molar-refractivity contribution is -0.115. The Hall–Kier alpha value is -3.07. The number of benzene rings is 2. The first kappa shape index (κ1) is 15.3. The zero-order valence-electron chi connectivity index (χ0n) is 11.8. The first-order valence-electron chi connectivity index (χ1n) is 6.40. The second-order valence-electron chi connectivity index (χ2n) is 4.30. The highest BCUT2D eigenvalue weighted by molar-refractivity contribution is 5.93. The van der Waals surface area contributed by atoms with Crippen LogP contribution in [0.15, 0.2) is 42.5 Å². The number of nitriles is 1. The van der Waals surface area contributed by atoms with Crippen molar-refractivity contribution in [1.29, 1.82) is 5.26 Å². The largest absolute Gasteiger partial charge is 0.497 e. The fourth-order valence-corrected chi connectivity index (χ4v) is 1.73. The normalized spacial score (nSPS) is 9.68. The lowest BCUT2D eigenvalue weighted by atomic mass is 10.2. The van der Waals surface area contributed by atoms with E-state index in [0.29, 0.717) is 11.5 Å². The summed E-state index contributed by atoms with van der Waals surface area (Å²) in [6.07, 6.45) is -0.321. The molecule has 0 saturated heterocycles. The van der Waals surface area contributed by atoms with Crippen LogP contribution in [0.4, 0.5) is 10.1 Å². The summed E-state index contributed by atoms with van der Waals surface area (Å²) in [6.45, 7) is 0. The van der Waals surface area contributed by atoms with E-state index in [1.165, 1.54) is 12.1 Å². The SMILES string of the molecule is COc1ccc(Oc2ccc(F)cc2NC(=O)CC#N)cc1. The highest BCUT2D eigenvalue weighted by atomic mass is 19.1. The summed E-state index contributed by atoms with van der Waals surface area (Å²) in [4.78, 5) is 11.5. The molecule has 0 aromatic heterocycles. The van der Waals surface area contributed by atoms with Crippen LogP contribution in [0.1, 0.15) is 6.42 Å². The highest BCUT2D eigenvalue weighted by Gasteiger charge is 2.10. The van der Waals surface area contributed by atoms with E-state index in [4.69, 9.17) is 14.7 Å². The van der Waals surface area contributed by atoms with Gasteiger partial charge in [0.25, 0.3) is 0 Å². The topological polar surface area (TPSA) is 71.3 Å². The van der Waals surface area contributed by atoms with Crippen molar-refractivity contribution in [3.05, 3.63) is 48.3 Å². The van der Waals surface area contributed by atoms with Crippen LogP contribution in [0.25, 0.3) is 0 Å². The zero-order valence-corrected chi connectivity index (χ0v) is 11.8. The number of hydrogen-bond donors (Lipinski definition) is 1. The fraction of sp³-hybridized carbons (Fsp3) is 0.125. The lowest BCUT2D eigenvalue weighted by Crippen LogP contribution is -2.11. The quantitative estimate of drug-likeness (QED) is 0.917. The minimum absolute atomic E-state index is 0.163. The summed E-state index contributed by atoms with van der Waals surface area (Å²) in [5, 5.41) is 10.9. The molecule has 2 aromatic carbocycles. The van der Waals surface area contributed by atoms with Crippen molar-refractivity contribution in [3.8, 4) is 23.3 Å². The number of carbonyl (C=O) groups is 1. The second-order valence-corrected chi connectivity index (χ2v) is 4.30. The van der Waals surface area contributed by atoms with Crippen molar-refractivity contribution in [2.75, 3.05) is 12.4 Å². The number of carbonyl (C=O) groups excluding carboxylic acids is 1. The molecule has 0 aliphatic rings. The predicted molar refractivity (Wildman–Crippen MR) is 78.3 cm³/mol. The van der Waals surface area contributed by atoms with Gasteiger partial charge >= 0.3 is 0 Å². The standard InChI is InChI=1S/C16H13FN2O3/c1-21-12-3-5-13(6-4-12)22-15-7-2-11(17)10-14(15)19-16(20)8-9-18/h2-7,10H,8H2,1H3,(H,19,20). The Kier molecular flexibility index (Phi) is 4.94. The third-order valence-electron chi connectivity index (χ3n) is 2.74. The third kappa shape index (κ3) is 3.96. The van der Waals surface area contributed by atoms with Gasteiger partial charge in [-0.25, -0.2) is 4.39 Å². The molecular weight excluding hydrogens is 287 g/mol. The molecule has 0 aliphatic heterocycles. The summed E-state index contributed by atoms with van der Waals surface area (Å²) in [5.41, 5.74) is 0.163. The van der Waals surface area contributed by atoms with Gasteiger partial charge in [-0.3, -0.25) is 4.79 Å². The zero-order chi connectivity index (χ0) is 15.9. The van der Waals surface area contributed by atoms with Crippen LogP contribution in [0, 0.1) is 17.1 Å². The van der Waals surface area contributed by atoms with Crippen LogP contribution < -0.4 is 14.8 Å². The molecule has 5 nitrogen and oxygen atoms in total. The monoisotopic (exact) mass is 300 g/mol. The van der Waals surface area contributed by atoms with Gasteiger partial charge in [-0.2, -0.15) is 5.26 Å². The number of rotatable bonds is 5. The molecule has 6 heteroatoms. The Morgan fingerprint density at radius 3 is 2.55 bits per heavy atom. The number of hydrogen-bond acceptors (Lipinski definition) is 4. The van der Waals surface area contributed by atoms with E-state index >= 15 is 0 Å². The molecule has 0 unspecified atom stereocenters. The smallest absolute Gasteiger partial charge is 0.238 e. The van der Waals surface area contributed by atoms with Gasteiger partial charge in [-0.1, -0.05) is 0 Å². The fourth-order valence-electron chi connectivity index (χ4n) is 1.73. The molecule has 0 atom stereocenters. The minimum atomic E-state index is -0.535. The Morgan fingerprint density at radius 2 is 1.91 bits per heavy atom. The maximum atomic E-state index is 13.3. The van der Waals surface area contributed by atoms with E-state index in [9.17, 15) is 9.18 Å². The first-order valence-corrected chi connectivity index (χ1v) is 6.40. The van der Waals surface area contributed by atoms with Gasteiger partial charge in [-0.15, -0.1) is 0 Å². The molecule has 1 N–H and O–H groups in total. The van der Waals surface area contributed by atoms with Gasteiger partial charge in [-0.05, 0) is 36.4 Å². The summed E-state index contributed by atoms with van der Waals surface area (Å²) >= 11 is 0. The van der Waals surface area contributed by atoms with Gasteiger partial charge in [0.05, 0.1) is 18.9 Å². The summed E-state index contributed by atoms with van der Waals surface area (Å²) in [6, 6.07) is 12.3. The molecule has 0 bridgehead atoms. The number of amides is 1. The molecule has 2 rings (SSSR count). The van der Waals surface area contributed by atoms with E-state index in [1.807, 2.05) is 0 Å². The molecule has 0 fully saturated rings. The molecule has 0 spiro atoms. The molecule has 22 heavy (non-hydrogen) atoms. The van der Waals surface area contributed by atoms with Crippen LogP contribution in [-0.2, 0) is 4.79 Å². The van der Waals surface area contributed by atoms with Gasteiger partial charge in [0.2, 0.25) is 5.91 Å². The Morgan fingerprint density at radius 1 is 1.23 bits per heavy atom. The minimum Gasteiger partial charge on any atom is -0.497 e. The number of anilines is 1. The van der Waals surface area contributed by atoms with Gasteiger partial charge < -0.3 is 14.8 Å². The van der Waals surface area contributed by atoms with E-state index in [-0.39, 0.29) is 17.9 Å². The molecule has 0 radical (unpaired) electrons. The maximum absolute atomic E-state index is 13.3. The van der Waals surface area contributed by atoms with E-state index < -0.39 is 11.7 Å². The third-order valence-corrected chi connectivity index (χ3v) is 2.74. The van der Waals surface area contributed by atoms with Crippen LogP contribution in [0.2, 0.25) is 0 Å². The average molecular weight is 300 g/mol. The van der Waals surface area contributed by atoms with Crippen molar-refractivity contribution >= 4 is 11.6 Å². The number of methoxy groups -OCH3 is 1. The van der Waals surface area contributed by atoms with Crippen molar-refractivity contribution < 1.29 is 18.7 Å². The van der Waals surface area contributed by atoms with Gasteiger partial charge in [0.15, 0.2) is 5.75 Å². The average Bonchev–Trinajstić information content (AvgIpc) is 2.51. The van der Waals surface area contributed by atoms with Crippen LogP contribution in [-0.4, -0.2) is 13.0 Å². The molecule has 0 heterocycles. The predicted octanol–water partition coefficient (Wildman–Crippen LogP) is 3.48. The maximum Gasteiger partial charge on any atom is 0.238 e. The van der Waals surface area contributed by atoms with E-state index in [0.717, 1.165) is 6.07 Å². The van der Waals surface area contributed by atoms with Crippen LogP contribution >= 0.6 is 0 Å². The molecule has 1 amide bonds. The second kappa shape index (κ2) is 7.09. The van der Waals surface area contributed by atoms with Gasteiger partial charge in [0, 0.05) is 6.07 Å². The Bertz CT molecular complexity index is 708. The van der Waals surface area contributed by atoms with E-state index in [1.54, 1.807) is 37.4 Å². The van der Waals surface area contributed by atoms with Crippen LogP contribution in [0.5, 0.6) is 17.2 Å². The molecule has 0 saturated carbocycles. The van der Waals surface area contributed by atoms with E-state index in [2.05, 4.69) is 5.32 Å². The van der Waals surface area contributed by atoms with Crippen molar-refractivity contribution in [1.82, 2.24) is 0 Å². The lowest BCUT2D eigenvalue weighted by Gasteiger charge is -2.12.